The summed E-state index contributed by atoms with van der Waals surface area (Å²) < 4.78 is 23.9. The van der Waals surface area contributed by atoms with Crippen molar-refractivity contribution in [3.63, 3.8) is 0 Å². The number of carbonyl (C=O) groups is 1. The molecule has 0 fully saturated rings. The molecule has 25 heavy (non-hydrogen) atoms. The molecule has 0 bridgehead atoms. The van der Waals surface area contributed by atoms with Crippen LogP contribution in [0.25, 0.3) is 0 Å². The molecular formula is C20H24FNO3. The first-order valence-corrected chi connectivity index (χ1v) is 8.41. The van der Waals surface area contributed by atoms with Gasteiger partial charge < -0.3 is 14.8 Å². The Morgan fingerprint density at radius 1 is 1.04 bits per heavy atom. The van der Waals surface area contributed by atoms with E-state index >= 15 is 0 Å². The zero-order valence-electron chi connectivity index (χ0n) is 14.4. The standard InChI is InChI=1S/C20H24FNO3/c1-2-25-19(23)15-24-14-18(21)13-22-20(16-9-5-3-6-10-16)17-11-7-4-8-12-17/h3-12,18,20,22H,2,13-15H2,1H3. The lowest BCUT2D eigenvalue weighted by molar-refractivity contribution is -0.148. The molecule has 0 heterocycles. The minimum absolute atomic E-state index is 0.106. The van der Waals surface area contributed by atoms with Crippen LogP contribution in [0.15, 0.2) is 60.7 Å². The Bertz CT molecular complexity index is 582. The van der Waals surface area contributed by atoms with Gasteiger partial charge in [-0.15, -0.1) is 0 Å². The molecule has 2 aromatic rings. The van der Waals surface area contributed by atoms with Gasteiger partial charge in [0.15, 0.2) is 0 Å². The third-order valence-corrected chi connectivity index (χ3v) is 3.63. The Kier molecular flexibility index (Phi) is 8.09. The Hall–Kier alpha value is -2.24. The van der Waals surface area contributed by atoms with Crippen molar-refractivity contribution in [2.45, 2.75) is 19.1 Å². The van der Waals surface area contributed by atoms with Gasteiger partial charge in [-0.2, -0.15) is 0 Å². The van der Waals surface area contributed by atoms with Gasteiger partial charge in [0.2, 0.25) is 0 Å². The second kappa shape index (κ2) is 10.6. The first kappa shape index (κ1) is 19.1. The number of hydrogen-bond donors (Lipinski definition) is 1. The molecule has 2 aromatic carbocycles. The molecule has 1 atom stereocenters. The number of rotatable bonds is 10. The van der Waals surface area contributed by atoms with E-state index in [-0.39, 0.29) is 25.8 Å². The molecule has 2 rings (SSSR count). The number of alkyl halides is 1. The summed E-state index contributed by atoms with van der Waals surface area (Å²) >= 11 is 0. The van der Waals surface area contributed by atoms with Crippen LogP contribution in [0.4, 0.5) is 4.39 Å². The highest BCUT2D eigenvalue weighted by molar-refractivity contribution is 5.70. The van der Waals surface area contributed by atoms with Gasteiger partial charge in [-0.25, -0.2) is 9.18 Å². The van der Waals surface area contributed by atoms with Crippen LogP contribution >= 0.6 is 0 Å². The first-order valence-electron chi connectivity index (χ1n) is 8.41. The fraction of sp³-hybridized carbons (Fsp3) is 0.350. The second-order valence-electron chi connectivity index (χ2n) is 5.58. The fourth-order valence-corrected chi connectivity index (χ4v) is 2.50. The van der Waals surface area contributed by atoms with Crippen LogP contribution in [0.1, 0.15) is 24.1 Å². The number of hydrogen-bond acceptors (Lipinski definition) is 4. The summed E-state index contributed by atoms with van der Waals surface area (Å²) in [5, 5.41) is 3.24. The van der Waals surface area contributed by atoms with Gasteiger partial charge in [0.1, 0.15) is 12.8 Å². The van der Waals surface area contributed by atoms with E-state index in [0.717, 1.165) is 11.1 Å². The van der Waals surface area contributed by atoms with Crippen molar-refractivity contribution < 1.29 is 18.7 Å². The van der Waals surface area contributed by atoms with Crippen molar-refractivity contribution >= 4 is 5.97 Å². The monoisotopic (exact) mass is 345 g/mol. The average molecular weight is 345 g/mol. The van der Waals surface area contributed by atoms with E-state index in [0.29, 0.717) is 6.61 Å². The highest BCUT2D eigenvalue weighted by Crippen LogP contribution is 2.21. The zero-order valence-corrected chi connectivity index (χ0v) is 14.4. The lowest BCUT2D eigenvalue weighted by Crippen LogP contribution is -2.32. The van der Waals surface area contributed by atoms with E-state index in [9.17, 15) is 9.18 Å². The molecule has 0 saturated carbocycles. The van der Waals surface area contributed by atoms with Crippen LogP contribution in [-0.4, -0.2) is 38.5 Å². The molecule has 4 nitrogen and oxygen atoms in total. The van der Waals surface area contributed by atoms with Gasteiger partial charge in [-0.3, -0.25) is 0 Å². The maximum absolute atomic E-state index is 14.1. The number of benzene rings is 2. The van der Waals surface area contributed by atoms with Crippen LogP contribution in [-0.2, 0) is 14.3 Å². The molecule has 5 heteroatoms. The predicted octanol–water partition coefficient (Wildman–Crippen LogP) is 3.28. The average Bonchev–Trinajstić information content (AvgIpc) is 2.64. The van der Waals surface area contributed by atoms with Crippen molar-refractivity contribution in [3.8, 4) is 0 Å². The van der Waals surface area contributed by atoms with Gasteiger partial charge >= 0.3 is 5.97 Å². The number of halogens is 1. The van der Waals surface area contributed by atoms with E-state index < -0.39 is 12.1 Å². The maximum atomic E-state index is 14.1. The summed E-state index contributed by atoms with van der Waals surface area (Å²) in [4.78, 5) is 11.2. The van der Waals surface area contributed by atoms with E-state index in [2.05, 4.69) is 5.32 Å². The van der Waals surface area contributed by atoms with Gasteiger partial charge in [0.25, 0.3) is 0 Å². The Morgan fingerprint density at radius 2 is 1.60 bits per heavy atom. The van der Waals surface area contributed by atoms with Crippen LogP contribution in [0, 0.1) is 0 Å². The second-order valence-corrected chi connectivity index (χ2v) is 5.58. The normalized spacial score (nSPS) is 12.1. The number of ether oxygens (including phenoxy) is 2. The van der Waals surface area contributed by atoms with E-state index in [1.807, 2.05) is 60.7 Å². The SMILES string of the molecule is CCOC(=O)COCC(F)CNC(c1ccccc1)c1ccccc1. The molecule has 0 saturated heterocycles. The topological polar surface area (TPSA) is 47.6 Å². The zero-order chi connectivity index (χ0) is 17.9. The van der Waals surface area contributed by atoms with Crippen molar-refractivity contribution in [1.82, 2.24) is 5.32 Å². The number of nitrogens with one attached hydrogen (secondary N) is 1. The predicted molar refractivity (Wildman–Crippen MR) is 95.1 cm³/mol. The van der Waals surface area contributed by atoms with Crippen molar-refractivity contribution in [3.05, 3.63) is 71.8 Å². The van der Waals surface area contributed by atoms with Gasteiger partial charge in [0, 0.05) is 6.54 Å². The molecule has 0 aliphatic rings. The molecule has 0 aliphatic heterocycles. The maximum Gasteiger partial charge on any atom is 0.332 e. The molecule has 1 N–H and O–H groups in total. The van der Waals surface area contributed by atoms with Gasteiger partial charge in [0.05, 0.1) is 19.3 Å². The largest absolute Gasteiger partial charge is 0.464 e. The number of carbonyl (C=O) groups excluding carboxylic acids is 1. The van der Waals surface area contributed by atoms with Gasteiger partial charge in [-0.05, 0) is 18.1 Å². The lowest BCUT2D eigenvalue weighted by atomic mass is 9.98. The Morgan fingerprint density at radius 3 is 2.12 bits per heavy atom. The van der Waals surface area contributed by atoms with E-state index in [1.54, 1.807) is 6.92 Å². The Labute approximate surface area is 148 Å². The molecule has 0 aliphatic carbocycles. The third-order valence-electron chi connectivity index (χ3n) is 3.63. The molecule has 134 valence electrons. The summed E-state index contributed by atoms with van der Waals surface area (Å²) in [6.45, 7) is 1.75. The summed E-state index contributed by atoms with van der Waals surface area (Å²) in [6.07, 6.45) is -1.22. The fourth-order valence-electron chi connectivity index (χ4n) is 2.50. The lowest BCUT2D eigenvalue weighted by Gasteiger charge is -2.21. The summed E-state index contributed by atoms with van der Waals surface area (Å²) in [6, 6.07) is 19.7. The molecule has 0 spiro atoms. The van der Waals surface area contributed by atoms with Crippen molar-refractivity contribution in [2.75, 3.05) is 26.4 Å². The highest BCUT2D eigenvalue weighted by Gasteiger charge is 2.16. The molecule has 0 amide bonds. The van der Waals surface area contributed by atoms with Crippen LogP contribution < -0.4 is 5.32 Å². The van der Waals surface area contributed by atoms with Crippen LogP contribution in [0.5, 0.6) is 0 Å². The molecule has 0 aromatic heterocycles. The summed E-state index contributed by atoms with van der Waals surface area (Å²) in [7, 11) is 0. The molecule has 1 unspecified atom stereocenters. The van der Waals surface area contributed by atoms with Gasteiger partial charge in [-0.1, -0.05) is 60.7 Å². The summed E-state index contributed by atoms with van der Waals surface area (Å²) in [5.74, 6) is -0.478. The number of esters is 1. The smallest absolute Gasteiger partial charge is 0.332 e. The molecular weight excluding hydrogens is 321 g/mol. The van der Waals surface area contributed by atoms with Crippen LogP contribution in [0.2, 0.25) is 0 Å². The molecule has 0 radical (unpaired) electrons. The van der Waals surface area contributed by atoms with E-state index in [1.165, 1.54) is 0 Å². The summed E-state index contributed by atoms with van der Waals surface area (Å²) in [5.41, 5.74) is 2.13. The Balaban J connectivity index is 1.89. The minimum Gasteiger partial charge on any atom is -0.464 e. The first-order chi connectivity index (χ1) is 12.2. The minimum atomic E-state index is -1.22. The highest BCUT2D eigenvalue weighted by atomic mass is 19.1. The quantitative estimate of drug-likeness (QED) is 0.671. The van der Waals surface area contributed by atoms with Crippen molar-refractivity contribution in [2.24, 2.45) is 0 Å². The van der Waals surface area contributed by atoms with E-state index in [4.69, 9.17) is 9.47 Å². The third kappa shape index (κ3) is 6.64. The van der Waals surface area contributed by atoms with Crippen LogP contribution in [0.3, 0.4) is 0 Å². The van der Waals surface area contributed by atoms with Crippen molar-refractivity contribution in [1.29, 1.82) is 0 Å².